The van der Waals surface area contributed by atoms with Gasteiger partial charge < -0.3 is 9.72 Å². The van der Waals surface area contributed by atoms with Gasteiger partial charge in [0.2, 0.25) is 0 Å². The van der Waals surface area contributed by atoms with E-state index in [1.807, 2.05) is 6.07 Å². The normalized spacial score (nSPS) is 23.3. The highest BCUT2D eigenvalue weighted by molar-refractivity contribution is 5.42. The number of hydrogen-bond donors (Lipinski definition) is 1. The van der Waals surface area contributed by atoms with Crippen LogP contribution < -0.4 is 5.32 Å². The Balaban J connectivity index is 1.66. The molecule has 0 spiro atoms. The lowest BCUT2D eigenvalue weighted by Crippen LogP contribution is -2.24. The molecule has 1 aliphatic carbocycles. The van der Waals surface area contributed by atoms with Crippen LogP contribution in [0.15, 0.2) is 24.4 Å². The fourth-order valence-corrected chi connectivity index (χ4v) is 3.28. The lowest BCUT2D eigenvalue weighted by Gasteiger charge is -2.16. The van der Waals surface area contributed by atoms with Gasteiger partial charge >= 0.3 is 0 Å². The van der Waals surface area contributed by atoms with E-state index in [1.54, 1.807) is 0 Å². The minimum Gasteiger partial charge on any atom is -0.311 e. The highest BCUT2D eigenvalue weighted by atomic mass is 15.0. The van der Waals surface area contributed by atoms with E-state index in [0.29, 0.717) is 0 Å². The largest absolute Gasteiger partial charge is 0.311 e. The summed E-state index contributed by atoms with van der Waals surface area (Å²) in [5, 5.41) is 3.63. The number of pyridine rings is 1. The molecule has 2 atom stereocenters. The lowest BCUT2D eigenvalue weighted by atomic mass is 9.98. The average Bonchev–Trinajstić information content (AvgIpc) is 2.94. The second-order valence-corrected chi connectivity index (χ2v) is 5.87. The van der Waals surface area contributed by atoms with Crippen LogP contribution >= 0.6 is 0 Å². The van der Waals surface area contributed by atoms with E-state index < -0.39 is 0 Å². The molecule has 0 amide bonds. The molecule has 19 heavy (non-hydrogen) atoms. The molecule has 0 bridgehead atoms. The highest BCUT2D eigenvalue weighted by Crippen LogP contribution is 2.30. The Hall–Kier alpha value is -1.35. The molecule has 3 heteroatoms. The molecule has 2 aromatic heterocycles. The van der Waals surface area contributed by atoms with Crippen LogP contribution in [0.3, 0.4) is 0 Å². The predicted molar refractivity (Wildman–Crippen MR) is 78.1 cm³/mol. The van der Waals surface area contributed by atoms with Gasteiger partial charge in [-0.25, -0.2) is 4.98 Å². The van der Waals surface area contributed by atoms with E-state index in [-0.39, 0.29) is 0 Å². The Morgan fingerprint density at radius 3 is 3.05 bits per heavy atom. The van der Waals surface area contributed by atoms with Crippen molar-refractivity contribution in [1.29, 1.82) is 0 Å². The topological polar surface area (TPSA) is 29.3 Å². The quantitative estimate of drug-likeness (QED) is 0.911. The third-order valence-electron chi connectivity index (χ3n) is 4.57. The van der Waals surface area contributed by atoms with Crippen molar-refractivity contribution in [1.82, 2.24) is 14.7 Å². The Labute approximate surface area is 115 Å². The summed E-state index contributed by atoms with van der Waals surface area (Å²) in [7, 11) is 0. The first-order valence-corrected chi connectivity index (χ1v) is 7.39. The third kappa shape index (κ3) is 2.52. The Bertz CT molecular complexity index is 558. The first-order chi connectivity index (χ1) is 9.25. The van der Waals surface area contributed by atoms with E-state index in [2.05, 4.69) is 46.9 Å². The van der Waals surface area contributed by atoms with Crippen molar-refractivity contribution >= 4 is 5.65 Å². The first kappa shape index (κ1) is 12.7. The van der Waals surface area contributed by atoms with Crippen LogP contribution in [0.2, 0.25) is 0 Å². The van der Waals surface area contributed by atoms with Crippen molar-refractivity contribution in [3.05, 3.63) is 35.8 Å². The molecular formula is C16H23N3. The van der Waals surface area contributed by atoms with E-state index in [0.717, 1.165) is 36.3 Å². The first-order valence-electron chi connectivity index (χ1n) is 7.39. The average molecular weight is 257 g/mol. The molecular weight excluding hydrogens is 234 g/mol. The highest BCUT2D eigenvalue weighted by Gasteiger charge is 2.22. The van der Waals surface area contributed by atoms with Gasteiger partial charge in [0.05, 0.1) is 11.4 Å². The van der Waals surface area contributed by atoms with Crippen molar-refractivity contribution in [3.63, 3.8) is 0 Å². The summed E-state index contributed by atoms with van der Waals surface area (Å²) in [4.78, 5) is 4.60. The van der Waals surface area contributed by atoms with Crippen molar-refractivity contribution in [2.75, 3.05) is 6.54 Å². The number of aryl methyl sites for hydroxylation is 1. The summed E-state index contributed by atoms with van der Waals surface area (Å²) in [6, 6.07) is 6.17. The zero-order chi connectivity index (χ0) is 13.2. The summed E-state index contributed by atoms with van der Waals surface area (Å²) in [6.07, 6.45) is 6.30. The Morgan fingerprint density at radius 2 is 2.26 bits per heavy atom. The van der Waals surface area contributed by atoms with Crippen molar-refractivity contribution in [2.24, 2.45) is 11.8 Å². The molecule has 3 nitrogen and oxygen atoms in total. The van der Waals surface area contributed by atoms with Gasteiger partial charge in [-0.3, -0.25) is 0 Å². The second-order valence-electron chi connectivity index (χ2n) is 5.87. The Morgan fingerprint density at radius 1 is 1.37 bits per heavy atom. The number of hydrogen-bond acceptors (Lipinski definition) is 2. The zero-order valence-electron chi connectivity index (χ0n) is 11.9. The SMILES string of the molecule is Cc1nc2ccccn2c1CNCC1CCCC1C. The summed E-state index contributed by atoms with van der Waals surface area (Å²) in [5.74, 6) is 1.75. The van der Waals surface area contributed by atoms with E-state index in [1.165, 1.54) is 25.0 Å². The van der Waals surface area contributed by atoms with Crippen molar-refractivity contribution in [3.8, 4) is 0 Å². The second kappa shape index (κ2) is 5.33. The van der Waals surface area contributed by atoms with Crippen molar-refractivity contribution < 1.29 is 0 Å². The van der Waals surface area contributed by atoms with Gasteiger partial charge in [-0.15, -0.1) is 0 Å². The minimum atomic E-state index is 0.861. The van der Waals surface area contributed by atoms with Crippen LogP contribution in [0, 0.1) is 18.8 Å². The standard InChI is InChI=1S/C16H23N3/c1-12-6-5-7-14(12)10-17-11-15-13(2)18-16-8-3-4-9-19(15)16/h3-4,8-9,12,14,17H,5-7,10-11H2,1-2H3. The molecule has 1 N–H and O–H groups in total. The molecule has 2 aromatic rings. The molecule has 0 aromatic carbocycles. The van der Waals surface area contributed by atoms with Gasteiger partial charge in [0.1, 0.15) is 5.65 Å². The maximum absolute atomic E-state index is 4.60. The molecule has 102 valence electrons. The van der Waals surface area contributed by atoms with Gasteiger partial charge in [-0.05, 0) is 43.9 Å². The van der Waals surface area contributed by atoms with Gasteiger partial charge in [0.25, 0.3) is 0 Å². The zero-order valence-corrected chi connectivity index (χ0v) is 11.9. The van der Waals surface area contributed by atoms with Crippen LogP contribution in [0.5, 0.6) is 0 Å². The molecule has 2 heterocycles. The smallest absolute Gasteiger partial charge is 0.137 e. The van der Waals surface area contributed by atoms with Crippen LogP contribution in [0.25, 0.3) is 5.65 Å². The van der Waals surface area contributed by atoms with Gasteiger partial charge in [0.15, 0.2) is 0 Å². The summed E-state index contributed by atoms with van der Waals surface area (Å²) >= 11 is 0. The maximum atomic E-state index is 4.60. The molecule has 1 saturated carbocycles. The summed E-state index contributed by atoms with van der Waals surface area (Å²) in [5.41, 5.74) is 3.48. The molecule has 0 radical (unpaired) electrons. The molecule has 0 aliphatic heterocycles. The van der Waals surface area contributed by atoms with E-state index >= 15 is 0 Å². The van der Waals surface area contributed by atoms with Crippen molar-refractivity contribution in [2.45, 2.75) is 39.7 Å². The summed E-state index contributed by atoms with van der Waals surface area (Å²) in [6.45, 7) is 6.54. The monoisotopic (exact) mass is 257 g/mol. The molecule has 1 fully saturated rings. The van der Waals surface area contributed by atoms with Crippen LogP contribution in [0.1, 0.15) is 37.6 Å². The number of imidazole rings is 1. The third-order valence-corrected chi connectivity index (χ3v) is 4.57. The number of nitrogens with zero attached hydrogens (tertiary/aromatic N) is 2. The van der Waals surface area contributed by atoms with Gasteiger partial charge in [-0.2, -0.15) is 0 Å². The van der Waals surface area contributed by atoms with Crippen LogP contribution in [-0.2, 0) is 6.54 Å². The fourth-order valence-electron chi connectivity index (χ4n) is 3.28. The molecule has 0 saturated heterocycles. The fraction of sp³-hybridized carbons (Fsp3) is 0.562. The predicted octanol–water partition coefficient (Wildman–Crippen LogP) is 3.17. The molecule has 1 aliphatic rings. The summed E-state index contributed by atoms with van der Waals surface area (Å²) < 4.78 is 2.19. The lowest BCUT2D eigenvalue weighted by molar-refractivity contribution is 0.390. The maximum Gasteiger partial charge on any atom is 0.137 e. The number of aromatic nitrogens is 2. The number of rotatable bonds is 4. The van der Waals surface area contributed by atoms with Crippen LogP contribution in [0.4, 0.5) is 0 Å². The van der Waals surface area contributed by atoms with E-state index in [9.17, 15) is 0 Å². The number of fused-ring (bicyclic) bond motifs is 1. The van der Waals surface area contributed by atoms with Gasteiger partial charge in [0, 0.05) is 12.7 Å². The number of nitrogens with one attached hydrogen (secondary N) is 1. The van der Waals surface area contributed by atoms with Gasteiger partial charge in [-0.1, -0.05) is 25.8 Å². The Kier molecular flexibility index (Phi) is 3.56. The molecule has 2 unspecified atom stereocenters. The molecule has 3 rings (SSSR count). The van der Waals surface area contributed by atoms with Crippen LogP contribution in [-0.4, -0.2) is 15.9 Å². The van der Waals surface area contributed by atoms with E-state index in [4.69, 9.17) is 0 Å². The minimum absolute atomic E-state index is 0.861.